The van der Waals surface area contributed by atoms with Crippen molar-refractivity contribution in [1.82, 2.24) is 9.78 Å². The van der Waals surface area contributed by atoms with Gasteiger partial charge in [0.05, 0.1) is 18.2 Å². The number of fused-ring (bicyclic) bond motifs is 1. The van der Waals surface area contributed by atoms with Crippen LogP contribution in [-0.4, -0.2) is 22.8 Å². The summed E-state index contributed by atoms with van der Waals surface area (Å²) in [6.07, 6.45) is 0. The fourth-order valence-electron chi connectivity index (χ4n) is 3.58. The SMILES string of the molecule is COc1ccc(-c2nn(CC(=O)Nc3ccc(C)cc3C)c(=O)c3ccccc23)cc1. The number of carbonyl (C=O) groups excluding carboxylic acids is 1. The van der Waals surface area contributed by atoms with Gasteiger partial charge in [-0.2, -0.15) is 5.10 Å². The largest absolute Gasteiger partial charge is 0.497 e. The van der Waals surface area contributed by atoms with Gasteiger partial charge in [0.1, 0.15) is 12.3 Å². The molecular weight excluding hydrogens is 390 g/mol. The highest BCUT2D eigenvalue weighted by Gasteiger charge is 2.15. The van der Waals surface area contributed by atoms with E-state index in [4.69, 9.17) is 4.74 Å². The van der Waals surface area contributed by atoms with E-state index < -0.39 is 0 Å². The van der Waals surface area contributed by atoms with E-state index in [1.165, 1.54) is 4.68 Å². The topological polar surface area (TPSA) is 73.2 Å². The summed E-state index contributed by atoms with van der Waals surface area (Å²) in [5, 5.41) is 8.68. The summed E-state index contributed by atoms with van der Waals surface area (Å²) >= 11 is 0. The van der Waals surface area contributed by atoms with Gasteiger partial charge in [-0.05, 0) is 55.8 Å². The summed E-state index contributed by atoms with van der Waals surface area (Å²) in [6, 6.07) is 20.5. The maximum atomic E-state index is 13.0. The fourth-order valence-corrected chi connectivity index (χ4v) is 3.58. The standard InChI is InChI=1S/C25H23N3O3/c1-16-8-13-22(17(2)14-16)26-23(29)15-28-25(30)21-7-5-4-6-20(21)24(27-28)18-9-11-19(31-3)12-10-18/h4-14H,15H2,1-3H3,(H,26,29). The second-order valence-electron chi connectivity index (χ2n) is 7.45. The van der Waals surface area contributed by atoms with E-state index in [0.29, 0.717) is 11.1 Å². The van der Waals surface area contributed by atoms with E-state index in [-0.39, 0.29) is 18.0 Å². The summed E-state index contributed by atoms with van der Waals surface area (Å²) in [7, 11) is 1.61. The molecule has 0 radical (unpaired) electrons. The van der Waals surface area contributed by atoms with Crippen LogP contribution < -0.4 is 15.6 Å². The molecule has 0 spiro atoms. The quantitative estimate of drug-likeness (QED) is 0.529. The molecule has 6 nitrogen and oxygen atoms in total. The summed E-state index contributed by atoms with van der Waals surface area (Å²) < 4.78 is 6.46. The Morgan fingerprint density at radius 3 is 2.39 bits per heavy atom. The van der Waals surface area contributed by atoms with Crippen molar-refractivity contribution < 1.29 is 9.53 Å². The zero-order valence-corrected chi connectivity index (χ0v) is 17.7. The molecule has 0 bridgehead atoms. The molecule has 0 saturated heterocycles. The van der Waals surface area contributed by atoms with Gasteiger partial charge in [-0.15, -0.1) is 0 Å². The zero-order valence-electron chi connectivity index (χ0n) is 17.7. The number of benzene rings is 3. The molecule has 0 atom stereocenters. The van der Waals surface area contributed by atoms with E-state index in [1.54, 1.807) is 13.2 Å². The van der Waals surface area contributed by atoms with Gasteiger partial charge >= 0.3 is 0 Å². The molecule has 6 heteroatoms. The average Bonchev–Trinajstić information content (AvgIpc) is 2.78. The summed E-state index contributed by atoms with van der Waals surface area (Å²) in [5.41, 5.74) is 3.97. The molecule has 0 aliphatic rings. The molecule has 0 fully saturated rings. The van der Waals surface area contributed by atoms with Crippen molar-refractivity contribution in [3.05, 3.63) is 88.2 Å². The molecule has 1 N–H and O–H groups in total. The first-order chi connectivity index (χ1) is 15.0. The maximum Gasteiger partial charge on any atom is 0.275 e. The molecule has 0 aliphatic carbocycles. The van der Waals surface area contributed by atoms with Gasteiger partial charge in [0.2, 0.25) is 5.91 Å². The van der Waals surface area contributed by atoms with Crippen LogP contribution in [0.1, 0.15) is 11.1 Å². The molecule has 3 aromatic carbocycles. The van der Waals surface area contributed by atoms with Gasteiger partial charge in [0.15, 0.2) is 0 Å². The van der Waals surface area contributed by atoms with Gasteiger partial charge in [0, 0.05) is 16.6 Å². The predicted molar refractivity (Wildman–Crippen MR) is 123 cm³/mol. The molecule has 4 rings (SSSR count). The molecule has 31 heavy (non-hydrogen) atoms. The van der Waals surface area contributed by atoms with Crippen molar-refractivity contribution in [1.29, 1.82) is 0 Å². The van der Waals surface area contributed by atoms with Gasteiger partial charge in [-0.25, -0.2) is 4.68 Å². The average molecular weight is 413 g/mol. The number of nitrogens with one attached hydrogen (secondary N) is 1. The molecule has 1 amide bonds. The second-order valence-corrected chi connectivity index (χ2v) is 7.45. The number of ether oxygens (including phenoxy) is 1. The second kappa shape index (κ2) is 8.44. The Bertz CT molecular complexity index is 1320. The number of rotatable bonds is 5. The fraction of sp³-hybridized carbons (Fsp3) is 0.160. The number of aromatic nitrogens is 2. The molecule has 0 saturated carbocycles. The highest BCUT2D eigenvalue weighted by Crippen LogP contribution is 2.26. The van der Waals surface area contributed by atoms with E-state index in [1.807, 2.05) is 74.5 Å². The van der Waals surface area contributed by atoms with Gasteiger partial charge in [-0.3, -0.25) is 9.59 Å². The third-order valence-corrected chi connectivity index (χ3v) is 5.18. The van der Waals surface area contributed by atoms with Crippen molar-refractivity contribution in [2.24, 2.45) is 0 Å². The number of carbonyl (C=O) groups is 1. The number of anilines is 1. The van der Waals surface area contributed by atoms with Crippen molar-refractivity contribution in [2.45, 2.75) is 20.4 Å². The van der Waals surface area contributed by atoms with Gasteiger partial charge < -0.3 is 10.1 Å². The summed E-state index contributed by atoms with van der Waals surface area (Å²) in [6.45, 7) is 3.75. The van der Waals surface area contributed by atoms with Gasteiger partial charge in [0.25, 0.3) is 5.56 Å². The van der Waals surface area contributed by atoms with E-state index in [9.17, 15) is 9.59 Å². The maximum absolute atomic E-state index is 13.0. The minimum atomic E-state index is -0.308. The molecule has 0 unspecified atom stereocenters. The normalized spacial score (nSPS) is 10.8. The van der Waals surface area contributed by atoms with E-state index in [2.05, 4.69) is 10.4 Å². The number of amides is 1. The lowest BCUT2D eigenvalue weighted by Crippen LogP contribution is -2.30. The molecule has 0 aliphatic heterocycles. The Morgan fingerprint density at radius 1 is 1.00 bits per heavy atom. The highest BCUT2D eigenvalue weighted by atomic mass is 16.5. The number of hydrogen-bond donors (Lipinski definition) is 1. The van der Waals surface area contributed by atoms with Crippen LogP contribution in [0, 0.1) is 13.8 Å². The smallest absolute Gasteiger partial charge is 0.275 e. The first-order valence-corrected chi connectivity index (χ1v) is 9.97. The minimum Gasteiger partial charge on any atom is -0.497 e. The molecule has 1 aromatic heterocycles. The first-order valence-electron chi connectivity index (χ1n) is 9.97. The van der Waals surface area contributed by atoms with Crippen LogP contribution in [0.15, 0.2) is 71.5 Å². The van der Waals surface area contributed by atoms with Crippen LogP contribution in [0.2, 0.25) is 0 Å². The Morgan fingerprint density at radius 2 is 1.71 bits per heavy atom. The monoisotopic (exact) mass is 413 g/mol. The van der Waals surface area contributed by atoms with Crippen LogP contribution in [0.5, 0.6) is 5.75 Å². The Balaban J connectivity index is 1.73. The third-order valence-electron chi connectivity index (χ3n) is 5.18. The molecular formula is C25H23N3O3. The molecule has 1 heterocycles. The van der Waals surface area contributed by atoms with Crippen LogP contribution in [0.3, 0.4) is 0 Å². The number of hydrogen-bond acceptors (Lipinski definition) is 4. The molecule has 4 aromatic rings. The van der Waals surface area contributed by atoms with Crippen molar-refractivity contribution in [2.75, 3.05) is 12.4 Å². The van der Waals surface area contributed by atoms with Crippen LogP contribution >= 0.6 is 0 Å². The summed E-state index contributed by atoms with van der Waals surface area (Å²) in [5.74, 6) is 0.423. The lowest BCUT2D eigenvalue weighted by Gasteiger charge is -2.13. The Hall–Kier alpha value is -3.93. The lowest BCUT2D eigenvalue weighted by atomic mass is 10.0. The Kier molecular flexibility index (Phi) is 5.54. The predicted octanol–water partition coefficient (Wildman–Crippen LogP) is 4.33. The minimum absolute atomic E-state index is 0.180. The lowest BCUT2D eigenvalue weighted by molar-refractivity contribution is -0.117. The van der Waals surface area contributed by atoms with E-state index >= 15 is 0 Å². The van der Waals surface area contributed by atoms with Crippen molar-refractivity contribution in [3.63, 3.8) is 0 Å². The third kappa shape index (κ3) is 4.19. The van der Waals surface area contributed by atoms with Crippen molar-refractivity contribution in [3.8, 4) is 17.0 Å². The summed E-state index contributed by atoms with van der Waals surface area (Å²) in [4.78, 5) is 25.7. The van der Waals surface area contributed by atoms with E-state index in [0.717, 1.165) is 33.5 Å². The van der Waals surface area contributed by atoms with Crippen LogP contribution in [-0.2, 0) is 11.3 Å². The highest BCUT2D eigenvalue weighted by molar-refractivity contribution is 5.95. The number of aryl methyl sites for hydroxylation is 2. The first kappa shape index (κ1) is 20.3. The van der Waals surface area contributed by atoms with Gasteiger partial charge in [-0.1, -0.05) is 35.9 Å². The number of nitrogens with zero attached hydrogens (tertiary/aromatic N) is 2. The van der Waals surface area contributed by atoms with Crippen LogP contribution in [0.25, 0.3) is 22.0 Å². The van der Waals surface area contributed by atoms with Crippen LogP contribution in [0.4, 0.5) is 5.69 Å². The van der Waals surface area contributed by atoms with Crippen molar-refractivity contribution >= 4 is 22.4 Å². The zero-order chi connectivity index (χ0) is 22.0. The molecule has 156 valence electrons. The Labute approximate surface area is 180 Å². The number of methoxy groups -OCH3 is 1.